The molecule has 3 nitrogen and oxygen atoms in total. The molecule has 0 amide bonds. The predicted molar refractivity (Wildman–Crippen MR) is 75.5 cm³/mol. The highest BCUT2D eigenvalue weighted by atomic mass is 127. The maximum absolute atomic E-state index is 13.3. The highest BCUT2D eigenvalue weighted by molar-refractivity contribution is 14.1. The number of nitrogens with two attached hydrogens (primary N) is 1. The van der Waals surface area contributed by atoms with Gasteiger partial charge in [0.05, 0.1) is 14.9 Å². The van der Waals surface area contributed by atoms with Gasteiger partial charge in [0, 0.05) is 34.9 Å². The largest absolute Gasteiger partial charge is 0.397 e. The maximum Gasteiger partial charge on any atom is 0.138 e. The summed E-state index contributed by atoms with van der Waals surface area (Å²) in [5, 5.41) is 3.00. The molecule has 16 heavy (non-hydrogen) atoms. The second kappa shape index (κ2) is 5.81. The molecule has 0 spiro atoms. The van der Waals surface area contributed by atoms with E-state index in [9.17, 15) is 8.60 Å². The molecule has 0 aliphatic heterocycles. The minimum Gasteiger partial charge on any atom is -0.397 e. The minimum absolute atomic E-state index is 0.00161. The Morgan fingerprint density at radius 3 is 2.81 bits per heavy atom. The normalized spacial score (nSPS) is 14.5. The molecule has 0 aromatic heterocycles. The molecule has 0 aliphatic rings. The molecule has 90 valence electrons. The number of nitrogen functional groups attached to an aromatic ring is 1. The van der Waals surface area contributed by atoms with Gasteiger partial charge in [-0.2, -0.15) is 0 Å². The summed E-state index contributed by atoms with van der Waals surface area (Å²) in [6.45, 7) is 2.37. The van der Waals surface area contributed by atoms with Crippen molar-refractivity contribution in [2.75, 3.05) is 23.9 Å². The van der Waals surface area contributed by atoms with Gasteiger partial charge in [0.2, 0.25) is 0 Å². The Bertz CT molecular complexity index is 414. The summed E-state index contributed by atoms with van der Waals surface area (Å²) in [6, 6.07) is 2.94. The van der Waals surface area contributed by atoms with Crippen LogP contribution in [0.1, 0.15) is 6.92 Å². The van der Waals surface area contributed by atoms with Gasteiger partial charge in [0.1, 0.15) is 5.82 Å². The molecule has 1 rings (SSSR count). The Balaban J connectivity index is 2.74. The molecule has 0 heterocycles. The highest BCUT2D eigenvalue weighted by Crippen LogP contribution is 2.24. The van der Waals surface area contributed by atoms with E-state index in [4.69, 9.17) is 5.73 Å². The Morgan fingerprint density at radius 1 is 1.62 bits per heavy atom. The molecule has 0 saturated carbocycles. The number of hydrogen-bond acceptors (Lipinski definition) is 3. The molecular weight excluding hydrogens is 342 g/mol. The summed E-state index contributed by atoms with van der Waals surface area (Å²) in [5.74, 6) is -0.303. The number of hydrogen-bond donors (Lipinski definition) is 2. The molecule has 3 N–H and O–H groups in total. The zero-order valence-electron chi connectivity index (χ0n) is 9.09. The van der Waals surface area contributed by atoms with Crippen LogP contribution in [-0.4, -0.2) is 22.3 Å². The van der Waals surface area contributed by atoms with Crippen LogP contribution in [0.5, 0.6) is 0 Å². The van der Waals surface area contributed by atoms with Gasteiger partial charge in [0.15, 0.2) is 0 Å². The molecule has 0 bridgehead atoms. The lowest BCUT2D eigenvalue weighted by molar-refractivity contribution is 0.621. The second-order valence-electron chi connectivity index (χ2n) is 3.54. The van der Waals surface area contributed by atoms with Crippen molar-refractivity contribution in [1.82, 2.24) is 0 Å². The fourth-order valence-electron chi connectivity index (χ4n) is 1.09. The van der Waals surface area contributed by atoms with Crippen molar-refractivity contribution in [2.24, 2.45) is 0 Å². The fourth-order valence-corrected chi connectivity index (χ4v) is 1.90. The van der Waals surface area contributed by atoms with Crippen LogP contribution in [0.3, 0.4) is 0 Å². The van der Waals surface area contributed by atoms with Gasteiger partial charge in [-0.05, 0) is 35.6 Å². The number of halogens is 2. The highest BCUT2D eigenvalue weighted by Gasteiger charge is 2.09. The van der Waals surface area contributed by atoms with E-state index >= 15 is 0 Å². The summed E-state index contributed by atoms with van der Waals surface area (Å²) in [5.41, 5.74) is 6.79. The first kappa shape index (κ1) is 13.7. The smallest absolute Gasteiger partial charge is 0.138 e. The first-order chi connectivity index (χ1) is 7.41. The van der Waals surface area contributed by atoms with E-state index in [1.807, 2.05) is 29.5 Å². The van der Waals surface area contributed by atoms with E-state index in [1.165, 1.54) is 6.07 Å². The van der Waals surface area contributed by atoms with Crippen molar-refractivity contribution in [2.45, 2.75) is 12.2 Å². The number of anilines is 2. The molecule has 1 aromatic rings. The molecule has 1 aromatic carbocycles. The topological polar surface area (TPSA) is 55.1 Å². The molecule has 2 unspecified atom stereocenters. The van der Waals surface area contributed by atoms with Crippen molar-refractivity contribution in [3.63, 3.8) is 0 Å². The van der Waals surface area contributed by atoms with Crippen LogP contribution in [0.4, 0.5) is 15.8 Å². The SMILES string of the molecule is CC(CNc1cc(F)c(I)cc1N)S(C)=O. The van der Waals surface area contributed by atoms with Crippen LogP contribution in [0.2, 0.25) is 0 Å². The van der Waals surface area contributed by atoms with Crippen molar-refractivity contribution in [3.8, 4) is 0 Å². The Kier molecular flexibility index (Phi) is 4.97. The number of nitrogens with one attached hydrogen (secondary N) is 1. The molecule has 0 fully saturated rings. The zero-order chi connectivity index (χ0) is 12.3. The molecule has 6 heteroatoms. The lowest BCUT2D eigenvalue weighted by atomic mass is 10.2. The quantitative estimate of drug-likeness (QED) is 0.642. The van der Waals surface area contributed by atoms with Crippen molar-refractivity contribution >= 4 is 44.8 Å². The standard InChI is InChI=1S/C10H14FIN2OS/c1-6(16(2)15)5-14-10-3-7(11)8(12)4-9(10)13/h3-4,6,14H,5,13H2,1-2H3. The van der Waals surface area contributed by atoms with E-state index in [0.717, 1.165) is 0 Å². The third kappa shape index (κ3) is 3.58. The Labute approximate surface area is 111 Å². The molecule has 0 saturated heterocycles. The van der Waals surface area contributed by atoms with Crippen molar-refractivity contribution < 1.29 is 8.60 Å². The van der Waals surface area contributed by atoms with Gasteiger partial charge < -0.3 is 11.1 Å². The minimum atomic E-state index is -0.899. The third-order valence-corrected chi connectivity index (χ3v) is 4.37. The average Bonchev–Trinajstić information content (AvgIpc) is 2.20. The van der Waals surface area contributed by atoms with Gasteiger partial charge in [-0.25, -0.2) is 4.39 Å². The lowest BCUT2D eigenvalue weighted by Crippen LogP contribution is -2.21. The summed E-state index contributed by atoms with van der Waals surface area (Å²) < 4.78 is 24.9. The second-order valence-corrected chi connectivity index (χ2v) is 6.51. The van der Waals surface area contributed by atoms with Gasteiger partial charge in [0.25, 0.3) is 0 Å². The molecular formula is C10H14FIN2OS. The first-order valence-electron chi connectivity index (χ1n) is 4.72. The predicted octanol–water partition coefficient (Wildman–Crippen LogP) is 2.19. The van der Waals surface area contributed by atoms with Crippen LogP contribution in [0.15, 0.2) is 12.1 Å². The molecule has 2 atom stereocenters. The van der Waals surface area contributed by atoms with E-state index in [0.29, 0.717) is 21.5 Å². The Hall–Kier alpha value is -0.370. The third-order valence-electron chi connectivity index (χ3n) is 2.24. The first-order valence-corrected chi connectivity index (χ1v) is 7.42. The van der Waals surface area contributed by atoms with Gasteiger partial charge in [-0.3, -0.25) is 4.21 Å². The monoisotopic (exact) mass is 356 g/mol. The Morgan fingerprint density at radius 2 is 2.25 bits per heavy atom. The van der Waals surface area contributed by atoms with E-state index < -0.39 is 10.8 Å². The van der Waals surface area contributed by atoms with Crippen LogP contribution in [0, 0.1) is 9.39 Å². The van der Waals surface area contributed by atoms with Crippen LogP contribution in [-0.2, 0) is 10.8 Å². The van der Waals surface area contributed by atoms with E-state index in [1.54, 1.807) is 12.3 Å². The maximum atomic E-state index is 13.3. The lowest BCUT2D eigenvalue weighted by Gasteiger charge is -2.13. The van der Waals surface area contributed by atoms with E-state index in [-0.39, 0.29) is 11.1 Å². The average molecular weight is 356 g/mol. The fraction of sp³-hybridized carbons (Fsp3) is 0.400. The van der Waals surface area contributed by atoms with Gasteiger partial charge in [-0.1, -0.05) is 0 Å². The molecule has 0 aliphatic carbocycles. The van der Waals surface area contributed by atoms with Crippen LogP contribution >= 0.6 is 22.6 Å². The number of rotatable bonds is 4. The summed E-state index contributed by atoms with van der Waals surface area (Å²) in [7, 11) is -0.899. The van der Waals surface area contributed by atoms with Crippen LogP contribution in [0.25, 0.3) is 0 Å². The van der Waals surface area contributed by atoms with Crippen LogP contribution < -0.4 is 11.1 Å². The zero-order valence-corrected chi connectivity index (χ0v) is 12.1. The van der Waals surface area contributed by atoms with Crippen molar-refractivity contribution in [1.29, 1.82) is 0 Å². The summed E-state index contributed by atoms with van der Waals surface area (Å²) in [4.78, 5) is 0. The number of benzene rings is 1. The summed E-state index contributed by atoms with van der Waals surface area (Å²) >= 11 is 1.89. The van der Waals surface area contributed by atoms with E-state index in [2.05, 4.69) is 5.32 Å². The summed E-state index contributed by atoms with van der Waals surface area (Å²) in [6.07, 6.45) is 1.64. The van der Waals surface area contributed by atoms with Gasteiger partial charge in [-0.15, -0.1) is 0 Å². The molecule has 0 radical (unpaired) electrons. The van der Waals surface area contributed by atoms with Gasteiger partial charge >= 0.3 is 0 Å². The van der Waals surface area contributed by atoms with Crippen molar-refractivity contribution in [3.05, 3.63) is 21.5 Å².